The van der Waals surface area contributed by atoms with Gasteiger partial charge in [-0.1, -0.05) is 34.1 Å². The maximum absolute atomic E-state index is 6.00. The van der Waals surface area contributed by atoms with Crippen molar-refractivity contribution < 1.29 is 4.74 Å². The van der Waals surface area contributed by atoms with Crippen LogP contribution in [0, 0.1) is 12.3 Å². The summed E-state index contributed by atoms with van der Waals surface area (Å²) in [7, 11) is 0. The SMILES string of the molecule is Cc1ccc2cccc(OCC3(CBr)CC3)c2n1. The summed E-state index contributed by atoms with van der Waals surface area (Å²) in [6.07, 6.45) is 2.52. The molecule has 1 aliphatic rings. The van der Waals surface area contributed by atoms with Gasteiger partial charge in [0.1, 0.15) is 11.3 Å². The lowest BCUT2D eigenvalue weighted by Crippen LogP contribution is -2.14. The Hall–Kier alpha value is -1.09. The number of rotatable bonds is 4. The minimum absolute atomic E-state index is 0.367. The fourth-order valence-corrected chi connectivity index (χ4v) is 2.78. The number of ether oxygens (including phenoxy) is 1. The molecule has 1 aromatic carbocycles. The third kappa shape index (κ3) is 2.24. The van der Waals surface area contributed by atoms with Crippen LogP contribution < -0.4 is 4.74 Å². The first-order valence-electron chi connectivity index (χ1n) is 6.28. The Labute approximate surface area is 115 Å². The molecule has 2 aromatic rings. The number of hydrogen-bond acceptors (Lipinski definition) is 2. The lowest BCUT2D eigenvalue weighted by Gasteiger charge is -2.14. The number of alkyl halides is 1. The van der Waals surface area contributed by atoms with Crippen molar-refractivity contribution in [2.24, 2.45) is 5.41 Å². The van der Waals surface area contributed by atoms with Crippen molar-refractivity contribution in [3.8, 4) is 5.75 Å². The molecule has 1 aliphatic carbocycles. The van der Waals surface area contributed by atoms with Gasteiger partial charge in [0.05, 0.1) is 6.61 Å². The minimum atomic E-state index is 0.367. The smallest absolute Gasteiger partial charge is 0.145 e. The van der Waals surface area contributed by atoms with E-state index in [0.717, 1.165) is 34.3 Å². The van der Waals surface area contributed by atoms with Crippen LogP contribution >= 0.6 is 15.9 Å². The molecule has 0 unspecified atom stereocenters. The quantitative estimate of drug-likeness (QED) is 0.794. The van der Waals surface area contributed by atoms with Gasteiger partial charge in [0, 0.05) is 21.8 Å². The standard InChI is InChI=1S/C15H16BrNO/c1-11-5-6-12-3-2-4-13(14(12)17-11)18-10-15(9-16)7-8-15/h2-6H,7-10H2,1H3. The highest BCUT2D eigenvalue weighted by Gasteiger charge is 2.42. The van der Waals surface area contributed by atoms with Crippen LogP contribution in [0.1, 0.15) is 18.5 Å². The molecular formula is C15H16BrNO. The molecule has 0 saturated heterocycles. The van der Waals surface area contributed by atoms with Gasteiger partial charge in [-0.3, -0.25) is 0 Å². The molecule has 2 nitrogen and oxygen atoms in total. The van der Waals surface area contributed by atoms with Crippen LogP contribution in [0.3, 0.4) is 0 Å². The molecule has 1 saturated carbocycles. The second-order valence-corrected chi connectivity index (χ2v) is 5.76. The summed E-state index contributed by atoms with van der Waals surface area (Å²) in [5, 5.41) is 2.17. The highest BCUT2D eigenvalue weighted by molar-refractivity contribution is 9.09. The van der Waals surface area contributed by atoms with Crippen LogP contribution in [0.4, 0.5) is 0 Å². The first kappa shape index (κ1) is 12.0. The zero-order valence-electron chi connectivity index (χ0n) is 10.4. The van der Waals surface area contributed by atoms with E-state index in [9.17, 15) is 0 Å². The van der Waals surface area contributed by atoms with Crippen molar-refractivity contribution in [2.75, 3.05) is 11.9 Å². The number of pyridine rings is 1. The lowest BCUT2D eigenvalue weighted by molar-refractivity contribution is 0.253. The molecule has 0 atom stereocenters. The van der Waals surface area contributed by atoms with E-state index >= 15 is 0 Å². The van der Waals surface area contributed by atoms with Crippen molar-refractivity contribution in [3.63, 3.8) is 0 Å². The summed E-state index contributed by atoms with van der Waals surface area (Å²) in [6.45, 7) is 2.80. The highest BCUT2D eigenvalue weighted by atomic mass is 79.9. The van der Waals surface area contributed by atoms with Gasteiger partial charge in [-0.15, -0.1) is 0 Å². The number of fused-ring (bicyclic) bond motifs is 1. The molecule has 3 heteroatoms. The zero-order chi connectivity index (χ0) is 12.6. The summed E-state index contributed by atoms with van der Waals surface area (Å²) in [6, 6.07) is 10.3. The summed E-state index contributed by atoms with van der Waals surface area (Å²) >= 11 is 3.57. The van der Waals surface area contributed by atoms with Crippen LogP contribution in [0.25, 0.3) is 10.9 Å². The summed E-state index contributed by atoms with van der Waals surface area (Å²) in [4.78, 5) is 4.59. The van der Waals surface area contributed by atoms with Gasteiger partial charge in [-0.2, -0.15) is 0 Å². The Bertz CT molecular complexity index is 578. The van der Waals surface area contributed by atoms with Crippen LogP contribution in [0.5, 0.6) is 5.75 Å². The number of aryl methyl sites for hydroxylation is 1. The number of halogens is 1. The topological polar surface area (TPSA) is 22.1 Å². The Balaban J connectivity index is 1.89. The molecule has 1 aromatic heterocycles. The van der Waals surface area contributed by atoms with Crippen molar-refractivity contribution in [3.05, 3.63) is 36.0 Å². The first-order chi connectivity index (χ1) is 8.72. The van der Waals surface area contributed by atoms with E-state index in [1.54, 1.807) is 0 Å². The molecule has 1 fully saturated rings. The van der Waals surface area contributed by atoms with Gasteiger partial charge < -0.3 is 4.74 Å². The van der Waals surface area contributed by atoms with Gasteiger partial charge in [0.2, 0.25) is 0 Å². The van der Waals surface area contributed by atoms with Gasteiger partial charge >= 0.3 is 0 Å². The number of hydrogen-bond donors (Lipinski definition) is 0. The van der Waals surface area contributed by atoms with Gasteiger partial charge in [0.25, 0.3) is 0 Å². The minimum Gasteiger partial charge on any atom is -0.491 e. The average molecular weight is 306 g/mol. The van der Waals surface area contributed by atoms with Crippen LogP contribution in [0.15, 0.2) is 30.3 Å². The molecule has 0 aliphatic heterocycles. The average Bonchev–Trinajstić information content (AvgIpc) is 3.17. The van der Waals surface area contributed by atoms with Crippen molar-refractivity contribution >= 4 is 26.8 Å². The third-order valence-electron chi connectivity index (χ3n) is 3.60. The van der Waals surface area contributed by atoms with Crippen LogP contribution in [0.2, 0.25) is 0 Å². The predicted molar refractivity (Wildman–Crippen MR) is 77.4 cm³/mol. The van der Waals surface area contributed by atoms with E-state index in [2.05, 4.69) is 33.0 Å². The molecular weight excluding hydrogens is 290 g/mol. The van der Waals surface area contributed by atoms with Crippen molar-refractivity contribution in [1.29, 1.82) is 0 Å². The van der Waals surface area contributed by atoms with E-state index in [4.69, 9.17) is 4.74 Å². The third-order valence-corrected chi connectivity index (χ3v) is 4.79. The van der Waals surface area contributed by atoms with Gasteiger partial charge in [-0.25, -0.2) is 4.98 Å². The number of para-hydroxylation sites is 1. The fourth-order valence-electron chi connectivity index (χ4n) is 2.06. The normalized spacial score (nSPS) is 16.8. The zero-order valence-corrected chi connectivity index (χ0v) is 12.0. The van der Waals surface area contributed by atoms with E-state index in [1.165, 1.54) is 12.8 Å². The monoisotopic (exact) mass is 305 g/mol. The Kier molecular flexibility index (Phi) is 3.02. The van der Waals surface area contributed by atoms with Crippen molar-refractivity contribution in [1.82, 2.24) is 4.98 Å². The molecule has 0 bridgehead atoms. The van der Waals surface area contributed by atoms with Gasteiger partial charge in [-0.05, 0) is 31.9 Å². The van der Waals surface area contributed by atoms with E-state index in [-0.39, 0.29) is 0 Å². The molecule has 0 N–H and O–H groups in total. The predicted octanol–water partition coefficient (Wildman–Crippen LogP) is 4.10. The largest absolute Gasteiger partial charge is 0.491 e. The van der Waals surface area contributed by atoms with Crippen molar-refractivity contribution in [2.45, 2.75) is 19.8 Å². The second-order valence-electron chi connectivity index (χ2n) is 5.20. The fraction of sp³-hybridized carbons (Fsp3) is 0.400. The Morgan fingerprint density at radius 2 is 2.11 bits per heavy atom. The number of aromatic nitrogens is 1. The summed E-state index contributed by atoms with van der Waals surface area (Å²) in [5.74, 6) is 0.906. The van der Waals surface area contributed by atoms with E-state index in [1.807, 2.05) is 25.1 Å². The molecule has 18 heavy (non-hydrogen) atoms. The van der Waals surface area contributed by atoms with Gasteiger partial charge in [0.15, 0.2) is 0 Å². The summed E-state index contributed by atoms with van der Waals surface area (Å²) < 4.78 is 6.00. The molecule has 0 radical (unpaired) electrons. The van der Waals surface area contributed by atoms with E-state index < -0.39 is 0 Å². The van der Waals surface area contributed by atoms with Crippen LogP contribution in [-0.2, 0) is 0 Å². The molecule has 3 rings (SSSR count). The maximum atomic E-state index is 6.00. The second kappa shape index (κ2) is 4.54. The Morgan fingerprint density at radius 1 is 1.28 bits per heavy atom. The number of nitrogens with zero attached hydrogens (tertiary/aromatic N) is 1. The molecule has 0 amide bonds. The summed E-state index contributed by atoms with van der Waals surface area (Å²) in [5.41, 5.74) is 2.37. The highest BCUT2D eigenvalue weighted by Crippen LogP contribution is 2.47. The first-order valence-corrected chi connectivity index (χ1v) is 7.40. The number of benzene rings is 1. The molecule has 1 heterocycles. The molecule has 0 spiro atoms. The lowest BCUT2D eigenvalue weighted by atomic mass is 10.1. The maximum Gasteiger partial charge on any atom is 0.145 e. The Morgan fingerprint density at radius 3 is 2.83 bits per heavy atom. The molecule has 94 valence electrons. The van der Waals surface area contributed by atoms with E-state index in [0.29, 0.717) is 5.41 Å². The van der Waals surface area contributed by atoms with Crippen LogP contribution in [-0.4, -0.2) is 16.9 Å².